The number of nitrogens with one attached hydrogen (secondary N) is 2. The molecule has 0 fully saturated rings. The summed E-state index contributed by atoms with van der Waals surface area (Å²) in [5.74, 6) is 0.627. The molecule has 0 saturated carbocycles. The summed E-state index contributed by atoms with van der Waals surface area (Å²) in [5.41, 5.74) is 0.856. The molecule has 2 heterocycles. The highest BCUT2D eigenvalue weighted by Gasteiger charge is 2.05. The molecule has 0 atom stereocenters. The summed E-state index contributed by atoms with van der Waals surface area (Å²) in [6, 6.07) is 1.89. The minimum Gasteiger partial charge on any atom is -0.358 e. The number of aromatic nitrogens is 5. The third-order valence-corrected chi connectivity index (χ3v) is 1.94. The molecule has 2 N–H and O–H groups in total. The summed E-state index contributed by atoms with van der Waals surface area (Å²) in [5, 5.41) is 13.3. The van der Waals surface area contributed by atoms with Crippen LogP contribution in [0.15, 0.2) is 16.7 Å². The van der Waals surface area contributed by atoms with E-state index in [1.807, 2.05) is 12.3 Å². The topological polar surface area (TPSA) is 70.2 Å². The molecule has 0 aliphatic carbocycles. The Kier molecular flexibility index (Phi) is 1.46. The lowest BCUT2D eigenvalue weighted by Crippen LogP contribution is -1.80. The molecule has 0 unspecified atom stereocenters. The van der Waals surface area contributed by atoms with E-state index in [1.54, 1.807) is 0 Å². The van der Waals surface area contributed by atoms with Crippen molar-refractivity contribution in [2.45, 2.75) is 0 Å². The van der Waals surface area contributed by atoms with Gasteiger partial charge in [-0.3, -0.25) is 0 Å². The number of tetrazole rings is 1. The predicted octanol–water partition coefficient (Wildman–Crippen LogP) is 0.957. The molecule has 56 valence electrons. The van der Waals surface area contributed by atoms with Gasteiger partial charge in [0, 0.05) is 10.7 Å². The number of hydrogen-bond acceptors (Lipinski definition) is 3. The van der Waals surface area contributed by atoms with E-state index in [-0.39, 0.29) is 0 Å². The fourth-order valence-electron chi connectivity index (χ4n) is 0.797. The summed E-state index contributed by atoms with van der Waals surface area (Å²) in [4.78, 5) is 2.99. The molecule has 0 radical (unpaired) electrons. The molecule has 0 aliphatic heterocycles. The third-order valence-electron chi connectivity index (χ3n) is 1.28. The van der Waals surface area contributed by atoms with Gasteiger partial charge >= 0.3 is 0 Å². The standard InChI is InChI=1S/C5H4BrN5/c6-3-1-2-7-4(3)5-8-10-11-9-5/h1-2,7H,(H,8,9,10,11). The van der Waals surface area contributed by atoms with Gasteiger partial charge in [0.05, 0.1) is 5.69 Å². The highest BCUT2D eigenvalue weighted by atomic mass is 79.9. The number of halogens is 1. The summed E-state index contributed by atoms with van der Waals surface area (Å²) in [7, 11) is 0. The lowest BCUT2D eigenvalue weighted by molar-refractivity contribution is 0.881. The Morgan fingerprint density at radius 1 is 1.45 bits per heavy atom. The zero-order chi connectivity index (χ0) is 7.68. The van der Waals surface area contributed by atoms with E-state index < -0.39 is 0 Å². The number of hydrogen-bond donors (Lipinski definition) is 2. The average Bonchev–Trinajstić information content (AvgIpc) is 2.55. The second-order valence-electron chi connectivity index (χ2n) is 1.95. The molecule has 6 heteroatoms. The highest BCUT2D eigenvalue weighted by Crippen LogP contribution is 2.21. The molecule has 0 spiro atoms. The number of nitrogens with zero attached hydrogens (tertiary/aromatic N) is 3. The molecule has 2 rings (SSSR count). The van der Waals surface area contributed by atoms with Crippen LogP contribution in [0.25, 0.3) is 11.5 Å². The van der Waals surface area contributed by atoms with Crippen LogP contribution in [0.5, 0.6) is 0 Å². The quantitative estimate of drug-likeness (QED) is 0.742. The fraction of sp³-hybridized carbons (Fsp3) is 0. The molecule has 2 aromatic rings. The Morgan fingerprint density at radius 2 is 2.36 bits per heavy atom. The fourth-order valence-corrected chi connectivity index (χ4v) is 1.23. The first-order valence-corrected chi connectivity index (χ1v) is 3.74. The molecule has 11 heavy (non-hydrogen) atoms. The maximum Gasteiger partial charge on any atom is 0.197 e. The van der Waals surface area contributed by atoms with E-state index in [2.05, 4.69) is 41.5 Å². The SMILES string of the molecule is Brc1cc[nH]c1-c1nnn[nH]1. The van der Waals surface area contributed by atoms with Gasteiger partial charge in [0.15, 0.2) is 5.82 Å². The first-order valence-electron chi connectivity index (χ1n) is 2.95. The molecule has 2 aromatic heterocycles. The van der Waals surface area contributed by atoms with Crippen LogP contribution in [-0.4, -0.2) is 25.6 Å². The predicted molar refractivity (Wildman–Crippen MR) is 41.7 cm³/mol. The Hall–Kier alpha value is -1.17. The van der Waals surface area contributed by atoms with E-state index in [9.17, 15) is 0 Å². The minimum absolute atomic E-state index is 0.627. The highest BCUT2D eigenvalue weighted by molar-refractivity contribution is 9.10. The van der Waals surface area contributed by atoms with Crippen molar-refractivity contribution < 1.29 is 0 Å². The van der Waals surface area contributed by atoms with Gasteiger partial charge in [0.1, 0.15) is 0 Å². The van der Waals surface area contributed by atoms with E-state index in [1.165, 1.54) is 0 Å². The molecule has 0 aromatic carbocycles. The van der Waals surface area contributed by atoms with Crippen LogP contribution < -0.4 is 0 Å². The van der Waals surface area contributed by atoms with Crippen LogP contribution in [0.2, 0.25) is 0 Å². The van der Waals surface area contributed by atoms with Crippen LogP contribution >= 0.6 is 15.9 Å². The second-order valence-corrected chi connectivity index (χ2v) is 2.80. The van der Waals surface area contributed by atoms with Crippen molar-refractivity contribution in [3.8, 4) is 11.5 Å². The van der Waals surface area contributed by atoms with Gasteiger partial charge < -0.3 is 4.98 Å². The van der Waals surface area contributed by atoms with Crippen LogP contribution in [0, 0.1) is 0 Å². The van der Waals surface area contributed by atoms with E-state index in [4.69, 9.17) is 0 Å². The molecule has 0 bridgehead atoms. The Bertz CT molecular complexity index is 337. The number of H-pyrrole nitrogens is 2. The zero-order valence-electron chi connectivity index (χ0n) is 5.37. The summed E-state index contributed by atoms with van der Waals surface area (Å²) in [6.45, 7) is 0. The molecule has 5 nitrogen and oxygen atoms in total. The molecular weight excluding hydrogens is 210 g/mol. The van der Waals surface area contributed by atoms with Crippen molar-refractivity contribution in [1.82, 2.24) is 25.6 Å². The molecule has 0 saturated heterocycles. The first-order chi connectivity index (χ1) is 5.38. The van der Waals surface area contributed by atoms with E-state index >= 15 is 0 Å². The monoisotopic (exact) mass is 213 g/mol. The summed E-state index contributed by atoms with van der Waals surface area (Å²) < 4.78 is 0.941. The maximum atomic E-state index is 3.74. The zero-order valence-corrected chi connectivity index (χ0v) is 6.96. The van der Waals surface area contributed by atoms with Crippen molar-refractivity contribution in [1.29, 1.82) is 0 Å². The first kappa shape index (κ1) is 6.53. The average molecular weight is 214 g/mol. The van der Waals surface area contributed by atoms with Gasteiger partial charge in [-0.1, -0.05) is 0 Å². The van der Waals surface area contributed by atoms with E-state index in [0.717, 1.165) is 10.2 Å². The van der Waals surface area contributed by atoms with Crippen LogP contribution in [-0.2, 0) is 0 Å². The summed E-state index contributed by atoms with van der Waals surface area (Å²) >= 11 is 3.34. The maximum absolute atomic E-state index is 3.74. The minimum atomic E-state index is 0.627. The molecule has 0 aliphatic rings. The van der Waals surface area contributed by atoms with Crippen molar-refractivity contribution >= 4 is 15.9 Å². The largest absolute Gasteiger partial charge is 0.358 e. The van der Waals surface area contributed by atoms with Gasteiger partial charge in [0.25, 0.3) is 0 Å². The van der Waals surface area contributed by atoms with Gasteiger partial charge in [0.2, 0.25) is 0 Å². The van der Waals surface area contributed by atoms with Gasteiger partial charge in [-0.25, -0.2) is 5.10 Å². The van der Waals surface area contributed by atoms with Crippen molar-refractivity contribution in [2.75, 3.05) is 0 Å². The Labute approximate surface area is 70.3 Å². The Morgan fingerprint density at radius 3 is 2.91 bits per heavy atom. The normalized spacial score (nSPS) is 10.3. The lowest BCUT2D eigenvalue weighted by Gasteiger charge is -1.88. The van der Waals surface area contributed by atoms with Crippen molar-refractivity contribution in [3.63, 3.8) is 0 Å². The molecule has 0 amide bonds. The van der Waals surface area contributed by atoms with Gasteiger partial charge in [-0.15, -0.1) is 5.10 Å². The van der Waals surface area contributed by atoms with Crippen molar-refractivity contribution in [2.24, 2.45) is 0 Å². The molecular formula is C5H4BrN5. The third kappa shape index (κ3) is 1.05. The second kappa shape index (κ2) is 2.46. The number of aromatic amines is 2. The van der Waals surface area contributed by atoms with Crippen molar-refractivity contribution in [3.05, 3.63) is 16.7 Å². The van der Waals surface area contributed by atoms with Crippen LogP contribution in [0.3, 0.4) is 0 Å². The van der Waals surface area contributed by atoms with Gasteiger partial charge in [-0.05, 0) is 32.4 Å². The van der Waals surface area contributed by atoms with Crippen LogP contribution in [0.4, 0.5) is 0 Å². The smallest absolute Gasteiger partial charge is 0.197 e. The van der Waals surface area contributed by atoms with Crippen LogP contribution in [0.1, 0.15) is 0 Å². The summed E-state index contributed by atoms with van der Waals surface area (Å²) in [6.07, 6.45) is 1.81. The van der Waals surface area contributed by atoms with E-state index in [0.29, 0.717) is 5.82 Å². The lowest BCUT2D eigenvalue weighted by atomic mass is 10.4. The van der Waals surface area contributed by atoms with Gasteiger partial charge in [-0.2, -0.15) is 0 Å². The number of rotatable bonds is 1. The Balaban J connectivity index is 2.53.